The van der Waals surface area contributed by atoms with Gasteiger partial charge in [-0.05, 0) is 77.8 Å². The molecule has 0 aliphatic rings. The maximum absolute atomic E-state index is 14.5. The molecule has 0 aromatic rings. The van der Waals surface area contributed by atoms with E-state index in [4.69, 9.17) is 9.47 Å². The van der Waals surface area contributed by atoms with E-state index in [0.29, 0.717) is 26.0 Å². The molecule has 0 saturated heterocycles. The number of hydrogen-bond donors (Lipinski definition) is 4. The Bertz CT molecular complexity index is 1610. The number of ether oxygens (including phenoxy) is 2. The van der Waals surface area contributed by atoms with E-state index < -0.39 is 89.3 Å². The summed E-state index contributed by atoms with van der Waals surface area (Å²) in [6, 6.07) is -7.32. The highest BCUT2D eigenvalue weighted by Crippen LogP contribution is 2.22. The van der Waals surface area contributed by atoms with E-state index in [2.05, 4.69) is 26.2 Å². The SMILES string of the molecule is CCCC(=O)N(C)[C@H](COCCN(CC)CC)C(=O)N(C)[C@@H](CC(C)(C)OC)C(=O)N[C@H](C(=O)N(C)[C@@H](CC(C)C)C(=O)N[C@H](C)C(=O)N[C@@H](C)C(=O)N(C)[C@@H](CC(C)C)C(=O)NC)C(C)C. The zero-order chi connectivity index (χ0) is 52.1. The Morgan fingerprint density at radius 3 is 1.52 bits per heavy atom. The summed E-state index contributed by atoms with van der Waals surface area (Å²) in [7, 11) is 9.00. The van der Waals surface area contributed by atoms with Gasteiger partial charge in [-0.2, -0.15) is 0 Å². The van der Waals surface area contributed by atoms with Gasteiger partial charge < -0.3 is 55.2 Å². The van der Waals surface area contributed by atoms with Gasteiger partial charge in [0.25, 0.3) is 0 Å². The fourth-order valence-corrected chi connectivity index (χ4v) is 7.50. The molecule has 0 aromatic carbocycles. The van der Waals surface area contributed by atoms with Gasteiger partial charge in [-0.1, -0.05) is 62.3 Å². The molecule has 0 bridgehead atoms. The molecule has 0 spiro atoms. The zero-order valence-electron chi connectivity index (χ0n) is 44.7. The van der Waals surface area contributed by atoms with E-state index in [1.54, 1.807) is 34.7 Å². The molecular formula is C48H91N9O10. The van der Waals surface area contributed by atoms with Crippen LogP contribution in [0.5, 0.6) is 0 Å². The highest BCUT2D eigenvalue weighted by molar-refractivity contribution is 5.97. The molecule has 388 valence electrons. The maximum Gasteiger partial charge on any atom is 0.248 e. The topological polar surface area (TPSA) is 219 Å². The zero-order valence-corrected chi connectivity index (χ0v) is 44.7. The molecule has 8 amide bonds. The molecule has 0 aliphatic heterocycles. The van der Waals surface area contributed by atoms with Crippen molar-refractivity contribution in [3.8, 4) is 0 Å². The number of hydrogen-bond acceptors (Lipinski definition) is 11. The number of amides is 8. The molecule has 0 aromatic heterocycles. The lowest BCUT2D eigenvalue weighted by Gasteiger charge is -2.38. The van der Waals surface area contributed by atoms with Crippen LogP contribution >= 0.6 is 0 Å². The second kappa shape index (κ2) is 30.2. The van der Waals surface area contributed by atoms with Gasteiger partial charge in [-0.25, -0.2) is 0 Å². The predicted octanol–water partition coefficient (Wildman–Crippen LogP) is 2.26. The average Bonchev–Trinajstić information content (AvgIpc) is 3.27. The van der Waals surface area contributed by atoms with Crippen LogP contribution in [0.3, 0.4) is 0 Å². The van der Waals surface area contributed by atoms with Crippen LogP contribution < -0.4 is 21.3 Å². The van der Waals surface area contributed by atoms with Gasteiger partial charge >= 0.3 is 0 Å². The van der Waals surface area contributed by atoms with Crippen molar-refractivity contribution < 1.29 is 47.8 Å². The standard InChI is InChI=1S/C48H91N9O10/c1-20-23-39(58)53(15)38(29-67-25-24-57(21-2)22-3)46(64)56(18)37(28-48(12,13)66-19)44(62)52-40(32(8)9)47(65)55(17)36(27-31(6)7)43(61)50-33(10)41(59)51-34(11)45(63)54(16)35(26-30(4)5)42(60)49-14/h30-38,40H,20-29H2,1-19H3,(H,49,60)(H,50,61)(H,51,59)(H,52,62)/t33-,34+,35+,36+,37+,38-,40+/m1/s1. The summed E-state index contributed by atoms with van der Waals surface area (Å²) >= 11 is 0. The first-order valence-electron chi connectivity index (χ1n) is 24.1. The molecule has 0 saturated carbocycles. The summed E-state index contributed by atoms with van der Waals surface area (Å²) in [6.07, 6.45) is 1.44. The largest absolute Gasteiger partial charge is 0.379 e. The highest BCUT2D eigenvalue weighted by Gasteiger charge is 2.41. The van der Waals surface area contributed by atoms with Crippen molar-refractivity contribution in [2.45, 2.75) is 170 Å². The minimum atomic E-state index is -1.16. The Morgan fingerprint density at radius 1 is 0.582 bits per heavy atom. The molecule has 0 fully saturated rings. The van der Waals surface area contributed by atoms with Crippen LogP contribution in [-0.2, 0) is 47.8 Å². The summed E-state index contributed by atoms with van der Waals surface area (Å²) in [4.78, 5) is 117. The van der Waals surface area contributed by atoms with E-state index in [0.717, 1.165) is 13.1 Å². The van der Waals surface area contributed by atoms with Crippen molar-refractivity contribution in [3.63, 3.8) is 0 Å². The summed E-state index contributed by atoms with van der Waals surface area (Å²) in [6.45, 7) is 26.2. The molecular weight excluding hydrogens is 863 g/mol. The first-order valence-corrected chi connectivity index (χ1v) is 24.1. The molecule has 4 N–H and O–H groups in total. The number of nitrogens with one attached hydrogen (secondary N) is 4. The lowest BCUT2D eigenvalue weighted by Crippen LogP contribution is -2.61. The van der Waals surface area contributed by atoms with Gasteiger partial charge in [0.2, 0.25) is 47.3 Å². The van der Waals surface area contributed by atoms with Gasteiger partial charge in [-0.3, -0.25) is 38.4 Å². The van der Waals surface area contributed by atoms with E-state index in [-0.39, 0.29) is 49.5 Å². The first kappa shape index (κ1) is 62.6. The van der Waals surface area contributed by atoms with Crippen LogP contribution in [0, 0.1) is 17.8 Å². The fourth-order valence-electron chi connectivity index (χ4n) is 7.50. The smallest absolute Gasteiger partial charge is 0.248 e. The van der Waals surface area contributed by atoms with Crippen molar-refractivity contribution >= 4 is 47.3 Å². The van der Waals surface area contributed by atoms with Gasteiger partial charge in [0, 0.05) is 61.7 Å². The van der Waals surface area contributed by atoms with Crippen LogP contribution in [0.4, 0.5) is 0 Å². The summed E-state index contributed by atoms with van der Waals surface area (Å²) in [5, 5.41) is 10.8. The minimum Gasteiger partial charge on any atom is -0.379 e. The maximum atomic E-state index is 14.5. The van der Waals surface area contributed by atoms with Crippen LogP contribution in [-0.4, -0.2) is 195 Å². The molecule has 0 heterocycles. The minimum absolute atomic E-state index is 0.0278. The molecule has 67 heavy (non-hydrogen) atoms. The Morgan fingerprint density at radius 2 is 1.06 bits per heavy atom. The van der Waals surface area contributed by atoms with Gasteiger partial charge in [0.05, 0.1) is 18.8 Å². The Labute approximate surface area is 402 Å². The number of methoxy groups -OCH3 is 1. The van der Waals surface area contributed by atoms with E-state index in [1.807, 2.05) is 48.5 Å². The summed E-state index contributed by atoms with van der Waals surface area (Å²) in [5.74, 6) is -4.50. The monoisotopic (exact) mass is 954 g/mol. The predicted molar refractivity (Wildman–Crippen MR) is 260 cm³/mol. The van der Waals surface area contributed by atoms with Crippen molar-refractivity contribution in [3.05, 3.63) is 0 Å². The molecule has 19 nitrogen and oxygen atoms in total. The molecule has 0 radical (unpaired) electrons. The Balaban J connectivity index is 6.59. The summed E-state index contributed by atoms with van der Waals surface area (Å²) in [5.41, 5.74) is -0.906. The second-order valence-electron chi connectivity index (χ2n) is 19.5. The number of carbonyl (C=O) groups is 8. The molecule has 19 heteroatoms. The second-order valence-corrected chi connectivity index (χ2v) is 19.5. The summed E-state index contributed by atoms with van der Waals surface area (Å²) < 4.78 is 11.7. The molecule has 0 unspecified atom stereocenters. The van der Waals surface area contributed by atoms with Crippen molar-refractivity contribution in [2.75, 3.05) is 75.2 Å². The molecule has 0 aliphatic carbocycles. The first-order chi connectivity index (χ1) is 31.1. The van der Waals surface area contributed by atoms with E-state index in [9.17, 15) is 38.4 Å². The van der Waals surface area contributed by atoms with Gasteiger partial charge in [0.1, 0.15) is 42.3 Å². The number of nitrogens with zero attached hydrogens (tertiary/aromatic N) is 5. The number of rotatable bonds is 31. The number of likely N-dealkylation sites (N-methyl/N-ethyl adjacent to an activating group) is 6. The quantitative estimate of drug-likeness (QED) is 0.0739. The van der Waals surface area contributed by atoms with Gasteiger partial charge in [-0.15, -0.1) is 0 Å². The lowest BCUT2D eigenvalue weighted by molar-refractivity contribution is -0.152. The molecule has 7 atom stereocenters. The third kappa shape index (κ3) is 20.4. The lowest BCUT2D eigenvalue weighted by atomic mass is 9.94. The van der Waals surface area contributed by atoms with Crippen LogP contribution in [0.15, 0.2) is 0 Å². The van der Waals surface area contributed by atoms with Crippen LogP contribution in [0.1, 0.15) is 122 Å². The average molecular weight is 954 g/mol. The molecule has 0 rings (SSSR count). The number of carbonyl (C=O) groups excluding carboxylic acids is 8. The van der Waals surface area contributed by atoms with Crippen molar-refractivity contribution in [2.24, 2.45) is 17.8 Å². The Kier molecular flexibility index (Phi) is 28.2. The Hall–Kier alpha value is -4.36. The van der Waals surface area contributed by atoms with Crippen LogP contribution in [0.2, 0.25) is 0 Å². The van der Waals surface area contributed by atoms with Crippen molar-refractivity contribution in [1.82, 2.24) is 45.8 Å². The van der Waals surface area contributed by atoms with E-state index >= 15 is 0 Å². The van der Waals surface area contributed by atoms with Crippen molar-refractivity contribution in [1.29, 1.82) is 0 Å². The third-order valence-corrected chi connectivity index (χ3v) is 12.3. The normalized spacial score (nSPS) is 14.9. The third-order valence-electron chi connectivity index (χ3n) is 12.3. The fraction of sp³-hybridized carbons (Fsp3) is 0.833. The van der Waals surface area contributed by atoms with E-state index in [1.165, 1.54) is 68.7 Å². The highest BCUT2D eigenvalue weighted by atomic mass is 16.5. The van der Waals surface area contributed by atoms with Gasteiger partial charge in [0.15, 0.2) is 0 Å². The van der Waals surface area contributed by atoms with Crippen LogP contribution in [0.25, 0.3) is 0 Å².